The van der Waals surface area contributed by atoms with Crippen LogP contribution in [0.1, 0.15) is 19.3 Å². The van der Waals surface area contributed by atoms with Crippen molar-refractivity contribution in [2.45, 2.75) is 24.2 Å². The molecule has 1 N–H and O–H groups in total. The van der Waals surface area contributed by atoms with E-state index >= 15 is 0 Å². The summed E-state index contributed by atoms with van der Waals surface area (Å²) in [5.41, 5.74) is -0.495. The molecule has 3 rings (SSSR count). The minimum atomic E-state index is -4.09. The number of nitrogens with zero attached hydrogens (tertiary/aromatic N) is 3. The quantitative estimate of drug-likeness (QED) is 0.341. The third kappa shape index (κ3) is 6.47. The number of amides is 1. The Hall–Kier alpha value is -3.43. The van der Waals surface area contributed by atoms with E-state index in [-0.39, 0.29) is 27.8 Å². The summed E-state index contributed by atoms with van der Waals surface area (Å²) in [6.07, 6.45) is 3.25. The second kappa shape index (κ2) is 11.3. The van der Waals surface area contributed by atoms with Crippen molar-refractivity contribution in [3.8, 4) is 11.5 Å². The molecule has 0 unspecified atom stereocenters. The molecule has 0 aromatic heterocycles. The van der Waals surface area contributed by atoms with E-state index in [0.29, 0.717) is 17.4 Å². The second-order valence-electron chi connectivity index (χ2n) is 8.26. The maximum absolute atomic E-state index is 13.2. The summed E-state index contributed by atoms with van der Waals surface area (Å²) in [4.78, 5) is 23.3. The zero-order chi connectivity index (χ0) is 27.4. The van der Waals surface area contributed by atoms with E-state index in [4.69, 9.17) is 9.47 Å². The standard InChI is InChI=1S/C22H28N4O9S2/c1-34-19-10-8-17(26(28)29)14-18(19)25(36(3,30)31)15-22(27)23-16-7-9-20(35-2)21(13-16)37(32,33)24-11-5-4-6-12-24/h7-10,13-14H,4-6,11-12,15H2,1-3H3,(H,23,27). The third-order valence-electron chi connectivity index (χ3n) is 5.71. The predicted octanol–water partition coefficient (Wildman–Crippen LogP) is 2.19. The average molecular weight is 557 g/mol. The first-order valence-corrected chi connectivity index (χ1v) is 14.5. The topological polar surface area (TPSA) is 165 Å². The van der Waals surface area contributed by atoms with Crippen LogP contribution in [0.5, 0.6) is 11.5 Å². The molecule has 2 aromatic carbocycles. The van der Waals surface area contributed by atoms with Gasteiger partial charge in [-0.15, -0.1) is 0 Å². The number of carbonyl (C=O) groups excluding carboxylic acids is 1. The van der Waals surface area contributed by atoms with Crippen LogP contribution in [0.25, 0.3) is 0 Å². The molecule has 2 aromatic rings. The molecule has 13 nitrogen and oxygen atoms in total. The molecule has 37 heavy (non-hydrogen) atoms. The molecule has 0 saturated carbocycles. The van der Waals surface area contributed by atoms with Crippen LogP contribution in [-0.4, -0.2) is 72.1 Å². The Morgan fingerprint density at radius 3 is 2.22 bits per heavy atom. The number of nitro groups is 1. The van der Waals surface area contributed by atoms with E-state index < -0.39 is 43.1 Å². The third-order valence-corrected chi connectivity index (χ3v) is 8.76. The van der Waals surface area contributed by atoms with Gasteiger partial charge in [-0.05, 0) is 37.1 Å². The largest absolute Gasteiger partial charge is 0.495 e. The van der Waals surface area contributed by atoms with Gasteiger partial charge in [0, 0.05) is 30.9 Å². The fourth-order valence-corrected chi connectivity index (χ4v) is 6.45. The van der Waals surface area contributed by atoms with Gasteiger partial charge >= 0.3 is 0 Å². The number of rotatable bonds is 10. The molecule has 1 aliphatic rings. The lowest BCUT2D eigenvalue weighted by Gasteiger charge is -2.27. The average Bonchev–Trinajstić information content (AvgIpc) is 2.86. The smallest absolute Gasteiger partial charge is 0.271 e. The number of hydrogen-bond acceptors (Lipinski definition) is 9. The Morgan fingerprint density at radius 2 is 1.65 bits per heavy atom. The van der Waals surface area contributed by atoms with Gasteiger partial charge in [-0.2, -0.15) is 4.31 Å². The van der Waals surface area contributed by atoms with Crippen molar-refractivity contribution in [2.24, 2.45) is 0 Å². The molecule has 0 radical (unpaired) electrons. The molecule has 202 valence electrons. The second-order valence-corrected chi connectivity index (χ2v) is 12.1. The molecule has 15 heteroatoms. The van der Waals surface area contributed by atoms with Crippen molar-refractivity contribution in [2.75, 3.05) is 49.7 Å². The lowest BCUT2D eigenvalue weighted by atomic mass is 10.2. The Labute approximate surface area is 215 Å². The van der Waals surface area contributed by atoms with Gasteiger partial charge in [-0.1, -0.05) is 6.42 Å². The molecule has 1 heterocycles. The summed E-state index contributed by atoms with van der Waals surface area (Å²) in [5, 5.41) is 13.7. The molecular weight excluding hydrogens is 528 g/mol. The Kier molecular flexibility index (Phi) is 8.60. The van der Waals surface area contributed by atoms with Gasteiger partial charge in [0.2, 0.25) is 26.0 Å². The summed E-state index contributed by atoms with van der Waals surface area (Å²) >= 11 is 0. The summed E-state index contributed by atoms with van der Waals surface area (Å²) in [7, 11) is -5.40. The number of hydrogen-bond donors (Lipinski definition) is 1. The Morgan fingerprint density at radius 1 is 1.03 bits per heavy atom. The molecule has 1 fully saturated rings. The Bertz CT molecular complexity index is 1390. The van der Waals surface area contributed by atoms with Crippen LogP contribution in [0, 0.1) is 10.1 Å². The van der Waals surface area contributed by atoms with Crippen LogP contribution in [0.3, 0.4) is 0 Å². The highest BCUT2D eigenvalue weighted by Crippen LogP contribution is 2.34. The summed E-state index contributed by atoms with van der Waals surface area (Å²) in [5.74, 6) is -0.712. The van der Waals surface area contributed by atoms with E-state index in [1.54, 1.807) is 0 Å². The minimum Gasteiger partial charge on any atom is -0.495 e. The van der Waals surface area contributed by atoms with E-state index in [2.05, 4.69) is 5.32 Å². The van der Waals surface area contributed by atoms with Crippen LogP contribution in [0.4, 0.5) is 17.1 Å². The van der Waals surface area contributed by atoms with Crippen molar-refractivity contribution in [1.29, 1.82) is 0 Å². The normalized spacial score (nSPS) is 14.6. The molecule has 0 spiro atoms. The number of methoxy groups -OCH3 is 2. The summed E-state index contributed by atoms with van der Waals surface area (Å²) in [6, 6.07) is 7.42. The van der Waals surface area contributed by atoms with Gasteiger partial charge in [0.25, 0.3) is 5.69 Å². The van der Waals surface area contributed by atoms with Gasteiger partial charge in [0.15, 0.2) is 0 Å². The minimum absolute atomic E-state index is 0.00295. The number of nitro benzene ring substituents is 1. The molecule has 1 saturated heterocycles. The van der Waals surface area contributed by atoms with Crippen molar-refractivity contribution < 1.29 is 36.0 Å². The molecular formula is C22H28N4O9S2. The molecule has 0 atom stereocenters. The molecule has 1 aliphatic heterocycles. The van der Waals surface area contributed by atoms with Crippen molar-refractivity contribution in [1.82, 2.24) is 4.31 Å². The van der Waals surface area contributed by atoms with Gasteiger partial charge in [0.05, 0.1) is 25.4 Å². The van der Waals surface area contributed by atoms with Crippen molar-refractivity contribution >= 4 is 43.0 Å². The van der Waals surface area contributed by atoms with Gasteiger partial charge in [-0.3, -0.25) is 19.2 Å². The highest BCUT2D eigenvalue weighted by atomic mass is 32.2. The number of non-ortho nitro benzene ring substituents is 1. The van der Waals surface area contributed by atoms with E-state index in [1.807, 2.05) is 0 Å². The van der Waals surface area contributed by atoms with Gasteiger partial charge < -0.3 is 14.8 Å². The number of anilines is 2. The predicted molar refractivity (Wildman–Crippen MR) is 136 cm³/mol. The number of ether oxygens (including phenoxy) is 2. The van der Waals surface area contributed by atoms with Crippen LogP contribution in [-0.2, 0) is 24.8 Å². The molecule has 0 bridgehead atoms. The monoisotopic (exact) mass is 556 g/mol. The summed E-state index contributed by atoms with van der Waals surface area (Å²) in [6.45, 7) is -0.0104. The highest BCUT2D eigenvalue weighted by molar-refractivity contribution is 7.92. The van der Waals surface area contributed by atoms with Crippen molar-refractivity contribution in [3.63, 3.8) is 0 Å². The first-order valence-electron chi connectivity index (χ1n) is 11.2. The van der Waals surface area contributed by atoms with E-state index in [0.717, 1.165) is 37.7 Å². The van der Waals surface area contributed by atoms with Gasteiger partial charge in [-0.25, -0.2) is 16.8 Å². The fraction of sp³-hybridized carbons (Fsp3) is 0.409. The number of nitrogens with one attached hydrogen (secondary N) is 1. The SMILES string of the molecule is COc1ccc([N+](=O)[O-])cc1N(CC(=O)Nc1ccc(OC)c(S(=O)(=O)N2CCCCC2)c1)S(C)(=O)=O. The van der Waals surface area contributed by atoms with Crippen molar-refractivity contribution in [3.05, 3.63) is 46.5 Å². The zero-order valence-electron chi connectivity index (χ0n) is 20.5. The van der Waals surface area contributed by atoms with Crippen LogP contribution in [0.2, 0.25) is 0 Å². The first-order chi connectivity index (χ1) is 17.4. The van der Waals surface area contributed by atoms with Gasteiger partial charge in [0.1, 0.15) is 28.6 Å². The summed E-state index contributed by atoms with van der Waals surface area (Å²) < 4.78 is 63.9. The highest BCUT2D eigenvalue weighted by Gasteiger charge is 2.30. The number of sulfonamides is 2. The van der Waals surface area contributed by atoms with E-state index in [1.165, 1.54) is 42.8 Å². The fourth-order valence-electron chi connectivity index (χ4n) is 3.90. The lowest BCUT2D eigenvalue weighted by Crippen LogP contribution is -2.38. The first kappa shape index (κ1) is 28.1. The zero-order valence-corrected chi connectivity index (χ0v) is 22.2. The Balaban J connectivity index is 1.92. The molecule has 0 aliphatic carbocycles. The van der Waals surface area contributed by atoms with Crippen LogP contribution in [0.15, 0.2) is 41.3 Å². The van der Waals surface area contributed by atoms with E-state index in [9.17, 15) is 31.7 Å². The lowest BCUT2D eigenvalue weighted by molar-refractivity contribution is -0.384. The number of benzene rings is 2. The number of piperidine rings is 1. The number of carbonyl (C=O) groups is 1. The molecule has 1 amide bonds. The maximum atomic E-state index is 13.2. The van der Waals surface area contributed by atoms with Crippen LogP contribution >= 0.6 is 0 Å². The maximum Gasteiger partial charge on any atom is 0.271 e. The van der Waals surface area contributed by atoms with Crippen LogP contribution < -0.4 is 19.1 Å².